The van der Waals surface area contributed by atoms with Crippen LogP contribution >= 0.6 is 11.8 Å². The molecule has 3 saturated carbocycles. The number of hydrogen-bond donors (Lipinski definition) is 3. The van der Waals surface area contributed by atoms with Gasteiger partial charge in [-0.2, -0.15) is 5.10 Å². The van der Waals surface area contributed by atoms with E-state index in [2.05, 4.69) is 55.3 Å². The lowest BCUT2D eigenvalue weighted by molar-refractivity contribution is -0.177. The molecule has 2 aromatic heterocycles. The van der Waals surface area contributed by atoms with Crippen LogP contribution in [0.25, 0.3) is 17.1 Å². The van der Waals surface area contributed by atoms with E-state index in [1.165, 1.54) is 28.6 Å². The summed E-state index contributed by atoms with van der Waals surface area (Å²) in [5.74, 6) is 0.605. The molecule has 4 aliphatic rings. The number of allylic oxidation sites excluding steroid dienone is 1. The largest absolute Gasteiger partial charge is 0.393 e. The molecule has 7 nitrogen and oxygen atoms in total. The highest BCUT2D eigenvalue weighted by Crippen LogP contribution is 2.67. The fraction of sp³-hybridized carbons (Fsp3) is 0.606. The van der Waals surface area contributed by atoms with Crippen molar-refractivity contribution in [2.45, 2.75) is 95.5 Å². The topological polar surface area (TPSA) is 104 Å². The molecule has 0 aliphatic heterocycles. The predicted molar refractivity (Wildman–Crippen MR) is 161 cm³/mol. The summed E-state index contributed by atoms with van der Waals surface area (Å²) in [4.78, 5) is 21.7. The van der Waals surface area contributed by atoms with Crippen molar-refractivity contribution in [3.8, 4) is 0 Å². The molecule has 0 amide bonds. The highest BCUT2D eigenvalue weighted by molar-refractivity contribution is 7.99. The molecule has 5 unspecified atom stereocenters. The van der Waals surface area contributed by atoms with Crippen LogP contribution in [-0.4, -0.2) is 53.2 Å². The predicted octanol–water partition coefficient (Wildman–Crippen LogP) is 5.76. The molecule has 41 heavy (non-hydrogen) atoms. The molecule has 3 aromatic rings. The number of thioether (sulfide) groups is 1. The number of para-hydroxylation sites is 2. The lowest BCUT2D eigenvalue weighted by Crippen LogP contribution is -2.62. The first kappa shape index (κ1) is 27.4. The molecular formula is C33H42N4O3S. The maximum atomic E-state index is 13.8. The number of rotatable bonds is 4. The first-order chi connectivity index (χ1) is 19.3. The van der Waals surface area contributed by atoms with E-state index in [-0.39, 0.29) is 40.2 Å². The number of fused-ring (bicyclic) bond motifs is 7. The van der Waals surface area contributed by atoms with Crippen molar-refractivity contribution in [1.29, 1.82) is 0 Å². The number of hydrogen-bond acceptors (Lipinski definition) is 6. The summed E-state index contributed by atoms with van der Waals surface area (Å²) in [5, 5.41) is 29.5. The number of ketones is 1. The van der Waals surface area contributed by atoms with Crippen molar-refractivity contribution >= 4 is 34.7 Å². The van der Waals surface area contributed by atoms with E-state index < -0.39 is 17.1 Å². The van der Waals surface area contributed by atoms with Crippen LogP contribution in [0.3, 0.4) is 0 Å². The van der Waals surface area contributed by atoms with Crippen molar-refractivity contribution in [3.63, 3.8) is 0 Å². The van der Waals surface area contributed by atoms with Gasteiger partial charge in [-0.15, -0.1) is 0 Å². The molecule has 0 bridgehead atoms. The highest BCUT2D eigenvalue weighted by atomic mass is 32.2. The molecule has 8 heteroatoms. The monoisotopic (exact) mass is 574 g/mol. The van der Waals surface area contributed by atoms with Gasteiger partial charge in [0.2, 0.25) is 0 Å². The van der Waals surface area contributed by atoms with Gasteiger partial charge in [0.05, 0.1) is 40.3 Å². The number of carbonyl (C=O) groups excluding carboxylic acids is 1. The van der Waals surface area contributed by atoms with Crippen molar-refractivity contribution < 1.29 is 15.0 Å². The third kappa shape index (κ3) is 3.89. The molecule has 0 saturated heterocycles. The van der Waals surface area contributed by atoms with Gasteiger partial charge in [0, 0.05) is 5.41 Å². The fourth-order valence-corrected chi connectivity index (χ4v) is 10.3. The van der Waals surface area contributed by atoms with Gasteiger partial charge in [-0.05, 0) is 106 Å². The molecule has 0 spiro atoms. The van der Waals surface area contributed by atoms with Crippen LogP contribution in [0.4, 0.5) is 0 Å². The van der Waals surface area contributed by atoms with E-state index in [9.17, 15) is 15.0 Å². The number of aromatic nitrogens is 4. The zero-order valence-electron chi connectivity index (χ0n) is 24.8. The minimum absolute atomic E-state index is 0.0920. The number of imidazole rings is 1. The Kier molecular flexibility index (Phi) is 6.05. The van der Waals surface area contributed by atoms with Crippen LogP contribution in [0.1, 0.15) is 78.0 Å². The number of aromatic amines is 1. The van der Waals surface area contributed by atoms with Gasteiger partial charge in [-0.25, -0.2) is 4.98 Å². The minimum Gasteiger partial charge on any atom is -0.393 e. The average molecular weight is 575 g/mol. The van der Waals surface area contributed by atoms with E-state index in [0.29, 0.717) is 18.0 Å². The van der Waals surface area contributed by atoms with Gasteiger partial charge in [-0.3, -0.25) is 9.48 Å². The Labute approximate surface area is 246 Å². The smallest absolute Gasteiger partial charge is 0.175 e. The van der Waals surface area contributed by atoms with Gasteiger partial charge in [0.15, 0.2) is 10.9 Å². The van der Waals surface area contributed by atoms with Crippen molar-refractivity contribution in [1.82, 2.24) is 19.7 Å². The summed E-state index contributed by atoms with van der Waals surface area (Å²) in [5.41, 5.74) is 3.38. The molecule has 7 rings (SSSR count). The van der Waals surface area contributed by atoms with Crippen LogP contribution in [0, 0.1) is 28.6 Å². The second-order valence-electron chi connectivity index (χ2n) is 14.6. The number of benzene rings is 1. The minimum atomic E-state index is -1.44. The number of Topliss-reactive ketones (excluding diaryl/α,β-unsaturated/α-hetero) is 1. The van der Waals surface area contributed by atoms with E-state index >= 15 is 0 Å². The van der Waals surface area contributed by atoms with Gasteiger partial charge >= 0.3 is 0 Å². The summed E-state index contributed by atoms with van der Waals surface area (Å²) in [6.07, 6.45) is 8.40. The van der Waals surface area contributed by atoms with Gasteiger partial charge in [0.1, 0.15) is 5.60 Å². The molecule has 0 radical (unpaired) electrons. The summed E-state index contributed by atoms with van der Waals surface area (Å²) >= 11 is 1.36. The summed E-state index contributed by atoms with van der Waals surface area (Å²) < 4.78 is 2.14. The summed E-state index contributed by atoms with van der Waals surface area (Å²) in [6, 6.07) is 7.82. The van der Waals surface area contributed by atoms with Crippen molar-refractivity contribution in [2.75, 3.05) is 5.75 Å². The Bertz CT molecular complexity index is 1530. The Morgan fingerprint density at radius 2 is 2.00 bits per heavy atom. The third-order valence-electron chi connectivity index (χ3n) is 11.4. The van der Waals surface area contributed by atoms with E-state index in [1.807, 2.05) is 30.5 Å². The standard InChI is InChI=1S/C33H42N4O3S/c1-30(2,3)37-25-14-20-10-11-21-22-12-13-33(40,27(39)18-41-29-35-23-8-6-7-9-24(23)36-29)32(22,5)16-26(38)28(21)31(20,4)15-19(25)17-34-37/h6-9,14,17,21-22,26,28,38,40H,10-13,15-16,18H2,1-5H3,(H,35,36)/t21?,22?,26-,28?,31?,32?,33-/m0/s1. The van der Waals surface area contributed by atoms with Crippen LogP contribution in [0.15, 0.2) is 41.2 Å². The number of aliphatic hydroxyl groups is 2. The molecule has 1 aromatic carbocycles. The number of nitrogens with one attached hydrogen (secondary N) is 1. The maximum absolute atomic E-state index is 13.8. The molecule has 218 valence electrons. The average Bonchev–Trinajstić information content (AvgIpc) is 3.59. The summed E-state index contributed by atoms with van der Waals surface area (Å²) in [7, 11) is 0. The number of aliphatic hydroxyl groups excluding tert-OH is 1. The second-order valence-corrected chi connectivity index (χ2v) is 15.6. The first-order valence-electron chi connectivity index (χ1n) is 15.1. The van der Waals surface area contributed by atoms with Crippen LogP contribution < -0.4 is 0 Å². The first-order valence-corrected chi connectivity index (χ1v) is 16.1. The summed E-state index contributed by atoms with van der Waals surface area (Å²) in [6.45, 7) is 11.0. The quantitative estimate of drug-likeness (QED) is 0.342. The number of nitrogens with zero attached hydrogens (tertiary/aromatic N) is 3. The molecule has 3 fully saturated rings. The van der Waals surface area contributed by atoms with Gasteiger partial charge in [0.25, 0.3) is 0 Å². The lowest BCUT2D eigenvalue weighted by atomic mass is 9.45. The van der Waals surface area contributed by atoms with Crippen molar-refractivity contribution in [2.24, 2.45) is 28.6 Å². The molecule has 4 aliphatic carbocycles. The van der Waals surface area contributed by atoms with Crippen LogP contribution in [-0.2, 0) is 16.8 Å². The van der Waals surface area contributed by atoms with E-state index in [1.54, 1.807) is 0 Å². The van der Waals surface area contributed by atoms with Crippen LogP contribution in [0.2, 0.25) is 0 Å². The number of carbonyl (C=O) groups is 1. The Morgan fingerprint density at radius 1 is 1.22 bits per heavy atom. The number of H-pyrrole nitrogens is 1. The molecular weight excluding hydrogens is 532 g/mol. The fourth-order valence-electron chi connectivity index (χ4n) is 9.43. The zero-order valence-corrected chi connectivity index (χ0v) is 25.6. The van der Waals surface area contributed by atoms with Gasteiger partial charge < -0.3 is 15.2 Å². The zero-order chi connectivity index (χ0) is 28.9. The molecule has 2 heterocycles. The van der Waals surface area contributed by atoms with E-state index in [0.717, 1.165) is 36.7 Å². The molecule has 3 N–H and O–H groups in total. The third-order valence-corrected chi connectivity index (χ3v) is 12.3. The lowest BCUT2D eigenvalue weighted by Gasteiger charge is -2.60. The Hall–Kier alpha value is -2.42. The van der Waals surface area contributed by atoms with Gasteiger partial charge in [-0.1, -0.05) is 43.3 Å². The molecule has 7 atom stereocenters. The highest BCUT2D eigenvalue weighted by Gasteiger charge is 2.68. The van der Waals surface area contributed by atoms with E-state index in [4.69, 9.17) is 5.10 Å². The Balaban J connectivity index is 1.14. The van der Waals surface area contributed by atoms with Crippen LogP contribution in [0.5, 0.6) is 0 Å². The van der Waals surface area contributed by atoms with Crippen molar-refractivity contribution in [3.05, 3.63) is 47.3 Å². The second kappa shape index (κ2) is 9.04. The normalized spacial score (nSPS) is 36.3. The maximum Gasteiger partial charge on any atom is 0.175 e. The SMILES string of the molecule is CC12Cc3cnn(C(C)(C)C)c3C=C1CCC1C2[C@@H](O)CC2(C)C1CC[C@]2(O)C(=O)CSc1nc2ccccc2[nH]1. The Morgan fingerprint density at radius 3 is 2.76 bits per heavy atom.